The lowest BCUT2D eigenvalue weighted by Gasteiger charge is -2.45. The second-order valence-corrected chi connectivity index (χ2v) is 8.88. The lowest BCUT2D eigenvalue weighted by molar-refractivity contribution is -0.169. The van der Waals surface area contributed by atoms with Gasteiger partial charge < -0.3 is 14.9 Å². The molecule has 1 aliphatic heterocycles. The van der Waals surface area contributed by atoms with Gasteiger partial charge in [-0.1, -0.05) is 12.1 Å². The van der Waals surface area contributed by atoms with Crippen molar-refractivity contribution >= 4 is 16.0 Å². The molecule has 0 aliphatic carbocycles. The van der Waals surface area contributed by atoms with Crippen molar-refractivity contribution in [3.05, 3.63) is 29.8 Å². The van der Waals surface area contributed by atoms with Crippen molar-refractivity contribution < 1.29 is 28.2 Å². The van der Waals surface area contributed by atoms with Crippen LogP contribution in [0.15, 0.2) is 29.2 Å². The standard InChI is InChI=1S/C17H25NO6S/c1-16(2,15(19)20)17(21)7-9-18(10-8-17)25(22,23)14-6-4-5-13(11-14)12-24-3/h4-6,11,21H,7-10,12H2,1-3H3,(H,19,20). The highest BCUT2D eigenvalue weighted by Gasteiger charge is 2.51. The number of carboxylic acid groups (broad SMARTS) is 1. The number of ether oxygens (including phenoxy) is 1. The zero-order valence-electron chi connectivity index (χ0n) is 14.7. The van der Waals surface area contributed by atoms with Gasteiger partial charge >= 0.3 is 5.97 Å². The minimum Gasteiger partial charge on any atom is -0.481 e. The normalized spacial score (nSPS) is 18.9. The molecule has 0 atom stereocenters. The summed E-state index contributed by atoms with van der Waals surface area (Å²) in [4.78, 5) is 11.6. The molecule has 1 saturated heterocycles. The quantitative estimate of drug-likeness (QED) is 0.784. The molecule has 0 saturated carbocycles. The maximum absolute atomic E-state index is 12.8. The molecule has 0 radical (unpaired) electrons. The SMILES string of the molecule is COCc1cccc(S(=O)(=O)N2CCC(O)(C(C)(C)C(=O)O)CC2)c1. The van der Waals surface area contributed by atoms with Gasteiger partial charge in [-0.2, -0.15) is 4.31 Å². The summed E-state index contributed by atoms with van der Waals surface area (Å²) in [5, 5.41) is 20.1. The predicted molar refractivity (Wildman–Crippen MR) is 91.5 cm³/mol. The van der Waals surface area contributed by atoms with E-state index in [2.05, 4.69) is 0 Å². The third-order valence-corrected chi connectivity index (χ3v) is 6.99. The van der Waals surface area contributed by atoms with E-state index in [1.807, 2.05) is 0 Å². The lowest BCUT2D eigenvalue weighted by Crippen LogP contribution is -2.56. The Morgan fingerprint density at radius 3 is 2.44 bits per heavy atom. The molecule has 2 rings (SSSR count). The largest absolute Gasteiger partial charge is 0.481 e. The molecule has 0 aromatic heterocycles. The highest BCUT2D eigenvalue weighted by molar-refractivity contribution is 7.89. The molecular weight excluding hydrogens is 346 g/mol. The van der Waals surface area contributed by atoms with Crippen LogP contribution in [0, 0.1) is 5.41 Å². The van der Waals surface area contributed by atoms with E-state index in [1.54, 1.807) is 18.2 Å². The Morgan fingerprint density at radius 2 is 1.92 bits per heavy atom. The summed E-state index contributed by atoms with van der Waals surface area (Å²) in [5.74, 6) is -1.10. The van der Waals surface area contributed by atoms with Gasteiger partial charge in [-0.25, -0.2) is 8.42 Å². The third kappa shape index (κ3) is 3.72. The van der Waals surface area contributed by atoms with Gasteiger partial charge in [0.25, 0.3) is 0 Å². The Bertz CT molecular complexity index is 735. The first-order chi connectivity index (χ1) is 11.5. The minimum absolute atomic E-state index is 0.0727. The predicted octanol–water partition coefficient (Wildman–Crippen LogP) is 1.46. The molecule has 1 aliphatic rings. The molecule has 0 amide bonds. The number of carbonyl (C=O) groups is 1. The van der Waals surface area contributed by atoms with Crippen LogP contribution >= 0.6 is 0 Å². The van der Waals surface area contributed by atoms with Crippen molar-refractivity contribution in [2.45, 2.75) is 43.8 Å². The first kappa shape index (κ1) is 19.8. The maximum atomic E-state index is 12.8. The van der Waals surface area contributed by atoms with Crippen LogP contribution < -0.4 is 0 Å². The summed E-state index contributed by atoms with van der Waals surface area (Å²) in [6.45, 7) is 3.39. The van der Waals surface area contributed by atoms with Gasteiger partial charge in [0.05, 0.1) is 22.5 Å². The molecule has 1 aromatic carbocycles. The van der Waals surface area contributed by atoms with Crippen molar-refractivity contribution in [3.63, 3.8) is 0 Å². The van der Waals surface area contributed by atoms with Gasteiger partial charge in [-0.15, -0.1) is 0 Å². The average Bonchev–Trinajstić information content (AvgIpc) is 2.55. The number of sulfonamides is 1. The number of benzene rings is 1. The Kier molecular flexibility index (Phi) is 5.58. The van der Waals surface area contributed by atoms with Crippen molar-refractivity contribution in [3.8, 4) is 0 Å². The van der Waals surface area contributed by atoms with Gasteiger partial charge in [0, 0.05) is 20.2 Å². The first-order valence-corrected chi connectivity index (χ1v) is 9.52. The van der Waals surface area contributed by atoms with Gasteiger partial charge in [0.1, 0.15) is 0 Å². The monoisotopic (exact) mass is 371 g/mol. The van der Waals surface area contributed by atoms with Crippen LogP contribution in [-0.2, 0) is 26.2 Å². The molecule has 140 valence electrons. The van der Waals surface area contributed by atoms with E-state index >= 15 is 0 Å². The summed E-state index contributed by atoms with van der Waals surface area (Å²) in [6, 6.07) is 6.54. The van der Waals surface area contributed by atoms with Crippen LogP contribution in [0.4, 0.5) is 0 Å². The summed E-state index contributed by atoms with van der Waals surface area (Å²) in [6.07, 6.45) is 0.145. The topological polar surface area (TPSA) is 104 Å². The van der Waals surface area contributed by atoms with Crippen molar-refractivity contribution in [1.82, 2.24) is 4.31 Å². The smallest absolute Gasteiger partial charge is 0.312 e. The van der Waals surface area contributed by atoms with Crippen LogP contribution in [0.1, 0.15) is 32.3 Å². The lowest BCUT2D eigenvalue weighted by atomic mass is 9.70. The zero-order chi connectivity index (χ0) is 18.9. The molecule has 25 heavy (non-hydrogen) atoms. The van der Waals surface area contributed by atoms with Gasteiger partial charge in [0.15, 0.2) is 0 Å². The number of hydrogen-bond donors (Lipinski definition) is 2. The molecule has 0 unspecified atom stereocenters. The molecular formula is C17H25NO6S. The molecule has 1 aromatic rings. The molecule has 1 fully saturated rings. The van der Waals surface area contributed by atoms with Gasteiger partial charge in [-0.05, 0) is 44.4 Å². The Morgan fingerprint density at radius 1 is 1.32 bits per heavy atom. The number of aliphatic hydroxyl groups is 1. The summed E-state index contributed by atoms with van der Waals surface area (Å²) < 4.78 is 32.0. The Labute approximate surface area is 148 Å². The number of aliphatic carboxylic acids is 1. The molecule has 0 spiro atoms. The number of rotatable bonds is 6. The minimum atomic E-state index is -3.70. The fourth-order valence-electron chi connectivity index (χ4n) is 3.03. The van der Waals surface area contributed by atoms with E-state index < -0.39 is 27.0 Å². The number of methoxy groups -OCH3 is 1. The van der Waals surface area contributed by atoms with Crippen LogP contribution in [0.3, 0.4) is 0 Å². The number of carboxylic acids is 1. The second-order valence-electron chi connectivity index (χ2n) is 6.95. The number of nitrogens with zero attached hydrogens (tertiary/aromatic N) is 1. The van der Waals surface area contributed by atoms with E-state index in [0.29, 0.717) is 6.61 Å². The van der Waals surface area contributed by atoms with E-state index in [4.69, 9.17) is 4.74 Å². The van der Waals surface area contributed by atoms with Gasteiger partial charge in [-0.3, -0.25) is 4.79 Å². The maximum Gasteiger partial charge on any atom is 0.312 e. The van der Waals surface area contributed by atoms with E-state index in [0.717, 1.165) is 5.56 Å². The molecule has 1 heterocycles. The fraction of sp³-hybridized carbons (Fsp3) is 0.588. The molecule has 0 bridgehead atoms. The Hall–Kier alpha value is -1.48. The van der Waals surface area contributed by atoms with Crippen molar-refractivity contribution in [1.29, 1.82) is 0 Å². The zero-order valence-corrected chi connectivity index (χ0v) is 15.5. The fourth-order valence-corrected chi connectivity index (χ4v) is 4.54. The van der Waals surface area contributed by atoms with E-state index in [9.17, 15) is 23.4 Å². The number of piperidine rings is 1. The highest BCUT2D eigenvalue weighted by atomic mass is 32.2. The molecule has 2 N–H and O–H groups in total. The first-order valence-electron chi connectivity index (χ1n) is 8.08. The number of hydrogen-bond acceptors (Lipinski definition) is 5. The van der Waals surface area contributed by atoms with Crippen molar-refractivity contribution in [2.75, 3.05) is 20.2 Å². The van der Waals surface area contributed by atoms with Crippen LogP contribution in [0.2, 0.25) is 0 Å². The van der Waals surface area contributed by atoms with Crippen LogP contribution in [-0.4, -0.2) is 54.7 Å². The second kappa shape index (κ2) is 7.03. The highest BCUT2D eigenvalue weighted by Crippen LogP contribution is 2.40. The van der Waals surface area contributed by atoms with E-state index in [1.165, 1.54) is 31.3 Å². The van der Waals surface area contributed by atoms with E-state index in [-0.39, 0.29) is 30.8 Å². The van der Waals surface area contributed by atoms with Crippen LogP contribution in [0.25, 0.3) is 0 Å². The average molecular weight is 371 g/mol. The third-order valence-electron chi connectivity index (χ3n) is 5.09. The summed E-state index contributed by atoms with van der Waals surface area (Å²) in [7, 11) is -2.16. The molecule has 7 nitrogen and oxygen atoms in total. The Balaban J connectivity index is 2.19. The van der Waals surface area contributed by atoms with Crippen LogP contribution in [0.5, 0.6) is 0 Å². The van der Waals surface area contributed by atoms with Gasteiger partial charge in [0.2, 0.25) is 10.0 Å². The summed E-state index contributed by atoms with van der Waals surface area (Å²) >= 11 is 0. The summed E-state index contributed by atoms with van der Waals surface area (Å²) in [5.41, 5.74) is -2.03. The van der Waals surface area contributed by atoms with Crippen molar-refractivity contribution in [2.24, 2.45) is 5.41 Å². The molecule has 8 heteroatoms.